The average molecular weight is 349 g/mol. The highest BCUT2D eigenvalue weighted by molar-refractivity contribution is 9.10. The van der Waals surface area contributed by atoms with Gasteiger partial charge in [-0.15, -0.1) is 0 Å². The Balaban J connectivity index is 1.89. The molecule has 0 fully saturated rings. The molecule has 0 N–H and O–H groups in total. The van der Waals surface area contributed by atoms with Gasteiger partial charge in [0.05, 0.1) is 0 Å². The number of halogens is 1. The lowest BCUT2D eigenvalue weighted by atomic mass is 10.1. The fourth-order valence-corrected chi connectivity index (χ4v) is 2.38. The topological polar surface area (TPSA) is 35.5 Å². The second-order valence-electron chi connectivity index (χ2n) is 4.75. The number of aryl methyl sites for hydroxylation is 2. The summed E-state index contributed by atoms with van der Waals surface area (Å²) in [4.78, 5) is 10.8. The summed E-state index contributed by atoms with van der Waals surface area (Å²) in [6.45, 7) is 4.80. The third kappa shape index (κ3) is 4.33. The van der Waals surface area contributed by atoms with Crippen LogP contribution in [0.3, 0.4) is 0 Å². The first-order valence-corrected chi connectivity index (χ1v) is 7.47. The Bertz CT molecular complexity index is 597. The molecule has 0 aliphatic rings. The molecule has 0 saturated carbocycles. The Kier molecular flexibility index (Phi) is 5.39. The highest BCUT2D eigenvalue weighted by atomic mass is 79.9. The summed E-state index contributed by atoms with van der Waals surface area (Å²) < 4.78 is 12.4. The summed E-state index contributed by atoms with van der Waals surface area (Å²) in [5, 5.41) is 0. The maximum atomic E-state index is 10.8. The van der Waals surface area contributed by atoms with Crippen LogP contribution >= 0.6 is 15.9 Å². The standard InChI is InChI=1S/C17H17BrO3/c1-12-9-14(11-19)10-13(2)17(12)21-8-7-20-16-5-3-15(18)4-6-16/h3-6,9-11H,7-8H2,1-2H3. The second-order valence-corrected chi connectivity index (χ2v) is 5.67. The minimum atomic E-state index is 0.457. The first-order chi connectivity index (χ1) is 10.1. The SMILES string of the molecule is Cc1cc(C=O)cc(C)c1OCCOc1ccc(Br)cc1. The lowest BCUT2D eigenvalue weighted by Crippen LogP contribution is -2.10. The van der Waals surface area contributed by atoms with Crippen LogP contribution in [0.1, 0.15) is 21.5 Å². The minimum Gasteiger partial charge on any atom is -0.490 e. The summed E-state index contributed by atoms with van der Waals surface area (Å²) in [5.41, 5.74) is 2.59. The number of aldehydes is 1. The molecule has 0 radical (unpaired) electrons. The average Bonchev–Trinajstić information content (AvgIpc) is 2.47. The molecule has 2 aromatic carbocycles. The van der Waals surface area contributed by atoms with Crippen LogP contribution in [-0.2, 0) is 0 Å². The molecule has 3 nitrogen and oxygen atoms in total. The van der Waals surface area contributed by atoms with Gasteiger partial charge in [-0.25, -0.2) is 0 Å². The molecule has 110 valence electrons. The summed E-state index contributed by atoms with van der Waals surface area (Å²) in [6.07, 6.45) is 0.848. The number of carbonyl (C=O) groups is 1. The van der Waals surface area contributed by atoms with E-state index in [-0.39, 0.29) is 0 Å². The Morgan fingerprint density at radius 3 is 2.14 bits per heavy atom. The molecule has 0 atom stereocenters. The van der Waals surface area contributed by atoms with Crippen molar-refractivity contribution in [3.8, 4) is 11.5 Å². The van der Waals surface area contributed by atoms with Crippen molar-refractivity contribution < 1.29 is 14.3 Å². The second kappa shape index (κ2) is 7.27. The molecular weight excluding hydrogens is 332 g/mol. The van der Waals surface area contributed by atoms with Crippen molar-refractivity contribution in [3.05, 3.63) is 57.6 Å². The van der Waals surface area contributed by atoms with Crippen LogP contribution in [0.25, 0.3) is 0 Å². The number of benzene rings is 2. The van der Waals surface area contributed by atoms with Crippen LogP contribution in [-0.4, -0.2) is 19.5 Å². The molecule has 2 rings (SSSR count). The van der Waals surface area contributed by atoms with E-state index in [4.69, 9.17) is 9.47 Å². The van der Waals surface area contributed by atoms with Crippen LogP contribution in [0.5, 0.6) is 11.5 Å². The zero-order chi connectivity index (χ0) is 15.2. The third-order valence-electron chi connectivity index (χ3n) is 3.03. The van der Waals surface area contributed by atoms with Crippen molar-refractivity contribution in [2.75, 3.05) is 13.2 Å². The fourth-order valence-electron chi connectivity index (χ4n) is 2.11. The van der Waals surface area contributed by atoms with Crippen molar-refractivity contribution in [1.29, 1.82) is 0 Å². The monoisotopic (exact) mass is 348 g/mol. The van der Waals surface area contributed by atoms with Gasteiger partial charge in [0.15, 0.2) is 0 Å². The molecule has 0 aromatic heterocycles. The van der Waals surface area contributed by atoms with Gasteiger partial charge in [0, 0.05) is 10.0 Å². The van der Waals surface area contributed by atoms with Gasteiger partial charge < -0.3 is 9.47 Å². The van der Waals surface area contributed by atoms with E-state index in [1.54, 1.807) is 0 Å². The van der Waals surface area contributed by atoms with Gasteiger partial charge in [0.1, 0.15) is 31.0 Å². The van der Waals surface area contributed by atoms with Gasteiger partial charge in [-0.05, 0) is 61.4 Å². The summed E-state index contributed by atoms with van der Waals surface area (Å²) in [7, 11) is 0. The van der Waals surface area contributed by atoms with E-state index in [0.717, 1.165) is 33.4 Å². The normalized spacial score (nSPS) is 10.2. The highest BCUT2D eigenvalue weighted by Crippen LogP contribution is 2.24. The molecule has 21 heavy (non-hydrogen) atoms. The fraction of sp³-hybridized carbons (Fsp3) is 0.235. The Morgan fingerprint density at radius 2 is 1.57 bits per heavy atom. The number of rotatable bonds is 6. The lowest BCUT2D eigenvalue weighted by molar-refractivity contribution is 0.112. The summed E-state index contributed by atoms with van der Waals surface area (Å²) >= 11 is 3.38. The summed E-state index contributed by atoms with van der Waals surface area (Å²) in [6, 6.07) is 11.3. The maximum absolute atomic E-state index is 10.8. The van der Waals surface area contributed by atoms with E-state index in [1.165, 1.54) is 0 Å². The van der Waals surface area contributed by atoms with Crippen LogP contribution < -0.4 is 9.47 Å². The van der Waals surface area contributed by atoms with Crippen LogP contribution in [0.2, 0.25) is 0 Å². The van der Waals surface area contributed by atoms with Gasteiger partial charge >= 0.3 is 0 Å². The van der Waals surface area contributed by atoms with E-state index in [1.807, 2.05) is 50.2 Å². The smallest absolute Gasteiger partial charge is 0.150 e. The van der Waals surface area contributed by atoms with Gasteiger partial charge in [-0.1, -0.05) is 15.9 Å². The molecular formula is C17H17BrO3. The van der Waals surface area contributed by atoms with E-state index in [0.29, 0.717) is 18.8 Å². The predicted octanol–water partition coefficient (Wildman–Crippen LogP) is 4.34. The van der Waals surface area contributed by atoms with Crippen molar-refractivity contribution in [2.24, 2.45) is 0 Å². The molecule has 4 heteroatoms. The molecule has 2 aromatic rings. The zero-order valence-electron chi connectivity index (χ0n) is 12.1. The Morgan fingerprint density at radius 1 is 1.00 bits per heavy atom. The van der Waals surface area contributed by atoms with E-state index in [2.05, 4.69) is 15.9 Å². The molecule has 0 aliphatic carbocycles. The number of hydrogen-bond acceptors (Lipinski definition) is 3. The largest absolute Gasteiger partial charge is 0.490 e. The van der Waals surface area contributed by atoms with E-state index >= 15 is 0 Å². The van der Waals surface area contributed by atoms with Crippen LogP contribution in [0.15, 0.2) is 40.9 Å². The van der Waals surface area contributed by atoms with Gasteiger partial charge in [0.2, 0.25) is 0 Å². The number of hydrogen-bond donors (Lipinski definition) is 0. The van der Waals surface area contributed by atoms with Crippen LogP contribution in [0.4, 0.5) is 0 Å². The molecule has 0 aliphatic heterocycles. The molecule has 0 unspecified atom stereocenters. The molecule has 0 amide bonds. The first kappa shape index (κ1) is 15.6. The number of carbonyl (C=O) groups excluding carboxylic acids is 1. The van der Waals surface area contributed by atoms with Crippen molar-refractivity contribution in [2.45, 2.75) is 13.8 Å². The molecule has 0 saturated heterocycles. The van der Waals surface area contributed by atoms with Gasteiger partial charge in [0.25, 0.3) is 0 Å². The minimum absolute atomic E-state index is 0.457. The first-order valence-electron chi connectivity index (χ1n) is 6.68. The molecule has 0 spiro atoms. The number of ether oxygens (including phenoxy) is 2. The maximum Gasteiger partial charge on any atom is 0.150 e. The zero-order valence-corrected chi connectivity index (χ0v) is 13.6. The molecule has 0 bridgehead atoms. The molecule has 0 heterocycles. The van der Waals surface area contributed by atoms with Crippen molar-refractivity contribution in [1.82, 2.24) is 0 Å². The van der Waals surface area contributed by atoms with Crippen molar-refractivity contribution in [3.63, 3.8) is 0 Å². The van der Waals surface area contributed by atoms with Crippen molar-refractivity contribution >= 4 is 22.2 Å². The quantitative estimate of drug-likeness (QED) is 0.575. The third-order valence-corrected chi connectivity index (χ3v) is 3.56. The van der Waals surface area contributed by atoms with Gasteiger partial charge in [-0.2, -0.15) is 0 Å². The van der Waals surface area contributed by atoms with E-state index in [9.17, 15) is 4.79 Å². The summed E-state index contributed by atoms with van der Waals surface area (Å²) in [5.74, 6) is 1.63. The predicted molar refractivity (Wildman–Crippen MR) is 86.4 cm³/mol. The highest BCUT2D eigenvalue weighted by Gasteiger charge is 2.06. The van der Waals surface area contributed by atoms with Gasteiger partial charge in [-0.3, -0.25) is 4.79 Å². The Labute approximate surface area is 133 Å². The Hall–Kier alpha value is -1.81. The lowest BCUT2D eigenvalue weighted by Gasteiger charge is -2.13. The van der Waals surface area contributed by atoms with E-state index < -0.39 is 0 Å². The van der Waals surface area contributed by atoms with Crippen LogP contribution in [0, 0.1) is 13.8 Å².